The predicted octanol–water partition coefficient (Wildman–Crippen LogP) is 4.02. The third kappa shape index (κ3) is 6.68. The van der Waals surface area contributed by atoms with E-state index in [0.29, 0.717) is 44.0 Å². The third-order valence-corrected chi connectivity index (χ3v) is 4.99. The molecule has 1 aliphatic rings. The molecule has 31 heavy (non-hydrogen) atoms. The molecule has 164 valence electrons. The molecule has 3 rings (SSSR count). The molecular weight excluding hydrogens is 407 g/mol. The Hall–Kier alpha value is -3.13. The topological polar surface area (TPSA) is 52.7 Å². The van der Waals surface area contributed by atoms with E-state index in [-0.39, 0.29) is 11.8 Å². The van der Waals surface area contributed by atoms with Crippen LogP contribution in [0.5, 0.6) is 0 Å². The highest BCUT2D eigenvalue weighted by Gasteiger charge is 2.30. The van der Waals surface area contributed by atoms with Crippen LogP contribution in [0.25, 0.3) is 6.08 Å². The maximum Gasteiger partial charge on any atom is 0.416 e. The Bertz CT molecular complexity index is 947. The van der Waals surface area contributed by atoms with Crippen LogP contribution in [0.2, 0.25) is 0 Å². The summed E-state index contributed by atoms with van der Waals surface area (Å²) in [5.74, 6) is -0.254. The van der Waals surface area contributed by atoms with Crippen molar-refractivity contribution in [3.8, 4) is 0 Å². The molecule has 0 aromatic heterocycles. The van der Waals surface area contributed by atoms with Gasteiger partial charge in [-0.25, -0.2) is 0 Å². The minimum Gasteiger partial charge on any atom is -0.337 e. The number of piperazine rings is 1. The number of rotatable bonds is 5. The second kappa shape index (κ2) is 9.78. The summed E-state index contributed by atoms with van der Waals surface area (Å²) in [6.07, 6.45) is -1.12. The van der Waals surface area contributed by atoms with Crippen molar-refractivity contribution in [2.24, 2.45) is 0 Å². The van der Waals surface area contributed by atoms with Gasteiger partial charge in [0.2, 0.25) is 11.8 Å². The molecule has 2 aromatic carbocycles. The maximum atomic E-state index is 12.9. The normalized spacial score (nSPS) is 15.3. The number of amides is 2. The number of nitrogens with one attached hydrogen (secondary N) is 1. The number of halogens is 3. The second-order valence-electron chi connectivity index (χ2n) is 7.44. The summed E-state index contributed by atoms with van der Waals surface area (Å²) in [6, 6.07) is 12.5. The van der Waals surface area contributed by atoms with Crippen LogP contribution >= 0.6 is 0 Å². The van der Waals surface area contributed by atoms with Gasteiger partial charge < -0.3 is 10.2 Å². The molecule has 2 aromatic rings. The Morgan fingerprint density at radius 2 is 1.71 bits per heavy atom. The summed E-state index contributed by atoms with van der Waals surface area (Å²) < 4.78 is 38.6. The first-order valence-corrected chi connectivity index (χ1v) is 9.94. The zero-order chi connectivity index (χ0) is 22.4. The number of nitrogens with zero attached hydrogens (tertiary/aromatic N) is 2. The van der Waals surface area contributed by atoms with Gasteiger partial charge in [0.1, 0.15) is 0 Å². The number of hydrogen-bond donors (Lipinski definition) is 1. The van der Waals surface area contributed by atoms with Crippen LogP contribution in [-0.2, 0) is 22.3 Å². The average molecular weight is 431 g/mol. The Labute approximate surface area is 179 Å². The number of alkyl halides is 3. The molecule has 1 saturated heterocycles. The van der Waals surface area contributed by atoms with E-state index < -0.39 is 11.7 Å². The van der Waals surface area contributed by atoms with Gasteiger partial charge in [-0.1, -0.05) is 30.3 Å². The van der Waals surface area contributed by atoms with Crippen molar-refractivity contribution in [1.29, 1.82) is 0 Å². The fourth-order valence-corrected chi connectivity index (χ4v) is 3.38. The third-order valence-electron chi connectivity index (χ3n) is 4.99. The smallest absolute Gasteiger partial charge is 0.337 e. The lowest BCUT2D eigenvalue weighted by atomic mass is 10.1. The average Bonchev–Trinajstić information content (AvgIpc) is 2.73. The van der Waals surface area contributed by atoms with Crippen LogP contribution in [0.15, 0.2) is 54.6 Å². The largest absolute Gasteiger partial charge is 0.416 e. The SMILES string of the molecule is CC(=O)Nc1ccc(/C=C/C(=O)N2CCN(Cc3cccc(C(F)(F)F)c3)CC2)cc1. The molecule has 1 fully saturated rings. The van der Waals surface area contributed by atoms with Gasteiger partial charge in [0, 0.05) is 51.4 Å². The van der Waals surface area contributed by atoms with Gasteiger partial charge in [-0.15, -0.1) is 0 Å². The van der Waals surface area contributed by atoms with Crippen molar-refractivity contribution < 1.29 is 22.8 Å². The molecule has 1 heterocycles. The van der Waals surface area contributed by atoms with Crippen molar-refractivity contribution in [2.75, 3.05) is 31.5 Å². The highest BCUT2D eigenvalue weighted by Crippen LogP contribution is 2.29. The predicted molar refractivity (Wildman–Crippen MR) is 113 cm³/mol. The van der Waals surface area contributed by atoms with Gasteiger partial charge in [0.05, 0.1) is 5.56 Å². The van der Waals surface area contributed by atoms with Crippen LogP contribution in [-0.4, -0.2) is 47.8 Å². The molecule has 5 nitrogen and oxygen atoms in total. The van der Waals surface area contributed by atoms with Crippen molar-refractivity contribution in [3.05, 3.63) is 71.3 Å². The van der Waals surface area contributed by atoms with Crippen molar-refractivity contribution >= 4 is 23.6 Å². The Morgan fingerprint density at radius 1 is 1.03 bits per heavy atom. The molecule has 0 saturated carbocycles. The molecule has 0 bridgehead atoms. The highest BCUT2D eigenvalue weighted by atomic mass is 19.4. The maximum absolute atomic E-state index is 12.9. The number of carbonyl (C=O) groups is 2. The van der Waals surface area contributed by atoms with Crippen LogP contribution in [0.3, 0.4) is 0 Å². The first kappa shape index (κ1) is 22.6. The molecular formula is C23H24F3N3O2. The standard InChI is InChI=1S/C23H24F3N3O2/c1-17(30)27-21-8-5-18(6-9-21)7-10-22(31)29-13-11-28(12-14-29)16-19-3-2-4-20(15-19)23(24,25)26/h2-10,15H,11-14,16H2,1H3,(H,27,30)/b10-7+. The second-order valence-corrected chi connectivity index (χ2v) is 7.44. The van der Waals surface area contributed by atoms with Crippen LogP contribution in [0.1, 0.15) is 23.6 Å². The van der Waals surface area contributed by atoms with Gasteiger partial charge in [0.25, 0.3) is 0 Å². The lowest BCUT2D eigenvalue weighted by molar-refractivity contribution is -0.137. The lowest BCUT2D eigenvalue weighted by Gasteiger charge is -2.34. The first-order chi connectivity index (χ1) is 14.7. The van der Waals surface area contributed by atoms with Gasteiger partial charge in [-0.2, -0.15) is 13.2 Å². The quantitative estimate of drug-likeness (QED) is 0.728. The van der Waals surface area contributed by atoms with Gasteiger partial charge in [0.15, 0.2) is 0 Å². The zero-order valence-electron chi connectivity index (χ0n) is 17.2. The fraction of sp³-hybridized carbons (Fsp3) is 0.304. The van der Waals surface area contributed by atoms with Crippen LogP contribution in [0.4, 0.5) is 18.9 Å². The molecule has 0 unspecified atom stereocenters. The van der Waals surface area contributed by atoms with E-state index in [1.165, 1.54) is 25.1 Å². The molecule has 1 N–H and O–H groups in total. The summed E-state index contributed by atoms with van der Waals surface area (Å²) in [4.78, 5) is 27.3. The number of anilines is 1. The van der Waals surface area contributed by atoms with Gasteiger partial charge in [-0.05, 0) is 35.4 Å². The summed E-state index contributed by atoms with van der Waals surface area (Å²) in [6.45, 7) is 4.09. The van der Waals surface area contributed by atoms with Gasteiger partial charge in [-0.3, -0.25) is 14.5 Å². The molecule has 0 radical (unpaired) electrons. The van der Waals surface area contributed by atoms with Gasteiger partial charge >= 0.3 is 6.18 Å². The minimum atomic E-state index is -4.35. The fourth-order valence-electron chi connectivity index (χ4n) is 3.38. The molecule has 1 aliphatic heterocycles. The lowest BCUT2D eigenvalue weighted by Crippen LogP contribution is -2.47. The van der Waals surface area contributed by atoms with E-state index in [9.17, 15) is 22.8 Å². The zero-order valence-corrected chi connectivity index (χ0v) is 17.2. The van der Waals surface area contributed by atoms with Crippen LogP contribution in [0, 0.1) is 0 Å². The molecule has 2 amide bonds. The molecule has 0 aliphatic carbocycles. The van der Waals surface area contributed by atoms with Crippen molar-refractivity contribution in [1.82, 2.24) is 9.80 Å². The number of benzene rings is 2. The monoisotopic (exact) mass is 431 g/mol. The highest BCUT2D eigenvalue weighted by molar-refractivity contribution is 5.92. The van der Waals surface area contributed by atoms with E-state index in [4.69, 9.17) is 0 Å². The summed E-state index contributed by atoms with van der Waals surface area (Å²) in [5, 5.41) is 2.68. The van der Waals surface area contributed by atoms with Crippen LogP contribution < -0.4 is 5.32 Å². The molecule has 0 spiro atoms. The minimum absolute atomic E-state index is 0.107. The number of hydrogen-bond acceptors (Lipinski definition) is 3. The van der Waals surface area contributed by atoms with E-state index in [1.807, 2.05) is 17.0 Å². The Kier molecular flexibility index (Phi) is 7.12. The van der Waals surface area contributed by atoms with E-state index in [0.717, 1.165) is 11.6 Å². The number of carbonyl (C=O) groups excluding carboxylic acids is 2. The Balaban J connectivity index is 1.49. The van der Waals surface area contributed by atoms with E-state index in [1.54, 1.807) is 29.2 Å². The summed E-state index contributed by atoms with van der Waals surface area (Å²) in [5.41, 5.74) is 1.49. The molecule has 0 atom stereocenters. The van der Waals surface area contributed by atoms with Crippen molar-refractivity contribution in [2.45, 2.75) is 19.6 Å². The summed E-state index contributed by atoms with van der Waals surface area (Å²) >= 11 is 0. The summed E-state index contributed by atoms with van der Waals surface area (Å²) in [7, 11) is 0. The first-order valence-electron chi connectivity index (χ1n) is 9.94. The van der Waals surface area contributed by atoms with E-state index >= 15 is 0 Å². The Morgan fingerprint density at radius 3 is 2.32 bits per heavy atom. The molecule has 8 heteroatoms. The van der Waals surface area contributed by atoms with Crippen molar-refractivity contribution in [3.63, 3.8) is 0 Å². The van der Waals surface area contributed by atoms with E-state index in [2.05, 4.69) is 5.32 Å².